The van der Waals surface area contributed by atoms with Gasteiger partial charge < -0.3 is 14.8 Å². The van der Waals surface area contributed by atoms with E-state index >= 15 is 0 Å². The van der Waals surface area contributed by atoms with Crippen molar-refractivity contribution < 1.29 is 27.5 Å². The van der Waals surface area contributed by atoms with Gasteiger partial charge in [-0.2, -0.15) is 0 Å². The Morgan fingerprint density at radius 3 is 2.52 bits per heavy atom. The summed E-state index contributed by atoms with van der Waals surface area (Å²) in [4.78, 5) is 23.9. The van der Waals surface area contributed by atoms with Crippen molar-refractivity contribution in [1.82, 2.24) is 5.32 Å². The number of benzene rings is 1. The molecular formula is C17H23NO6S. The standard InChI is InChI=1S/C17H23NO6S/c1-12(17(20)18-14-9-10-25(21,22)11-14)24-16(19)8-5-13-3-6-15(23-2)7-4-13/h3-4,6-7,12,14H,5,8-11H2,1-2H3,(H,18,20)/t12-,14+/m0/s1. The SMILES string of the molecule is COc1ccc(CCC(=O)O[C@@H](C)C(=O)N[C@@H]2CCS(=O)(=O)C2)cc1. The van der Waals surface area contributed by atoms with Gasteiger partial charge in [0.2, 0.25) is 0 Å². The fourth-order valence-electron chi connectivity index (χ4n) is 2.58. The molecule has 1 aromatic carbocycles. The molecule has 0 spiro atoms. The highest BCUT2D eigenvalue weighted by Crippen LogP contribution is 2.14. The number of hydrogen-bond acceptors (Lipinski definition) is 6. The van der Waals surface area contributed by atoms with E-state index in [0.29, 0.717) is 12.8 Å². The quantitative estimate of drug-likeness (QED) is 0.716. The van der Waals surface area contributed by atoms with E-state index in [0.717, 1.165) is 11.3 Å². The lowest BCUT2D eigenvalue weighted by atomic mass is 10.1. The third-order valence-corrected chi connectivity index (χ3v) is 5.80. The molecular weight excluding hydrogens is 346 g/mol. The molecule has 2 atom stereocenters. The number of ether oxygens (including phenoxy) is 2. The molecule has 0 bridgehead atoms. The molecule has 25 heavy (non-hydrogen) atoms. The number of nitrogens with one attached hydrogen (secondary N) is 1. The van der Waals surface area contributed by atoms with E-state index in [1.54, 1.807) is 7.11 Å². The van der Waals surface area contributed by atoms with E-state index in [2.05, 4.69) is 5.32 Å². The van der Waals surface area contributed by atoms with Gasteiger partial charge in [0.1, 0.15) is 5.75 Å². The summed E-state index contributed by atoms with van der Waals surface area (Å²) in [7, 11) is -1.48. The van der Waals surface area contributed by atoms with Crippen molar-refractivity contribution in [3.05, 3.63) is 29.8 Å². The van der Waals surface area contributed by atoms with Crippen LogP contribution in [0, 0.1) is 0 Å². The minimum absolute atomic E-state index is 0.0587. The first-order valence-corrected chi connectivity index (χ1v) is 9.94. The van der Waals surface area contributed by atoms with Gasteiger partial charge in [-0.25, -0.2) is 8.42 Å². The molecule has 7 nitrogen and oxygen atoms in total. The van der Waals surface area contributed by atoms with Crippen molar-refractivity contribution in [2.75, 3.05) is 18.6 Å². The van der Waals surface area contributed by atoms with E-state index in [1.165, 1.54) is 6.92 Å². The van der Waals surface area contributed by atoms with Gasteiger partial charge in [-0.3, -0.25) is 9.59 Å². The largest absolute Gasteiger partial charge is 0.497 e. The number of carbonyl (C=O) groups is 2. The van der Waals surface area contributed by atoms with E-state index in [1.807, 2.05) is 24.3 Å². The number of carbonyl (C=O) groups excluding carboxylic acids is 2. The van der Waals surface area contributed by atoms with Crippen LogP contribution in [0.1, 0.15) is 25.3 Å². The Balaban J connectivity index is 1.74. The summed E-state index contributed by atoms with van der Waals surface area (Å²) in [5.41, 5.74) is 0.964. The Labute approximate surface area is 147 Å². The average molecular weight is 369 g/mol. The number of esters is 1. The predicted molar refractivity (Wildman–Crippen MR) is 92.1 cm³/mol. The second kappa shape index (κ2) is 8.33. The Bertz CT molecular complexity index is 713. The number of hydrogen-bond donors (Lipinski definition) is 1. The smallest absolute Gasteiger partial charge is 0.306 e. The highest BCUT2D eigenvalue weighted by atomic mass is 32.2. The molecule has 0 saturated carbocycles. The Kier molecular flexibility index (Phi) is 6.41. The highest BCUT2D eigenvalue weighted by Gasteiger charge is 2.30. The van der Waals surface area contributed by atoms with Gasteiger partial charge in [0.25, 0.3) is 5.91 Å². The van der Waals surface area contributed by atoms with Gasteiger partial charge in [-0.15, -0.1) is 0 Å². The summed E-state index contributed by atoms with van der Waals surface area (Å²) >= 11 is 0. The van der Waals surface area contributed by atoms with Crippen LogP contribution in [0.3, 0.4) is 0 Å². The molecule has 0 aliphatic carbocycles. The summed E-state index contributed by atoms with van der Waals surface area (Å²) in [6.07, 6.45) is 0.0955. The minimum atomic E-state index is -3.07. The van der Waals surface area contributed by atoms with Crippen molar-refractivity contribution in [1.29, 1.82) is 0 Å². The second-order valence-corrected chi connectivity index (χ2v) is 8.32. The van der Waals surface area contributed by atoms with Crippen LogP contribution in [-0.2, 0) is 30.6 Å². The molecule has 1 amide bonds. The summed E-state index contributed by atoms with van der Waals surface area (Å²) in [5.74, 6) is -0.187. The maximum Gasteiger partial charge on any atom is 0.306 e. The first-order chi connectivity index (χ1) is 11.8. The van der Waals surface area contributed by atoms with Crippen molar-refractivity contribution in [2.45, 2.75) is 38.3 Å². The van der Waals surface area contributed by atoms with Gasteiger partial charge >= 0.3 is 5.97 Å². The fourth-order valence-corrected chi connectivity index (χ4v) is 4.25. The first-order valence-electron chi connectivity index (χ1n) is 8.12. The van der Waals surface area contributed by atoms with Gasteiger partial charge in [0.05, 0.1) is 18.6 Å². The summed E-state index contributed by atoms with van der Waals surface area (Å²) in [5, 5.41) is 2.62. The molecule has 1 aromatic rings. The summed E-state index contributed by atoms with van der Waals surface area (Å²) in [6, 6.07) is 6.95. The van der Waals surface area contributed by atoms with Crippen molar-refractivity contribution in [3.8, 4) is 5.75 Å². The Morgan fingerprint density at radius 1 is 1.28 bits per heavy atom. The lowest BCUT2D eigenvalue weighted by molar-refractivity contribution is -0.155. The Hall–Kier alpha value is -2.09. The normalized spacial score (nSPS) is 19.8. The molecule has 8 heteroatoms. The third-order valence-electron chi connectivity index (χ3n) is 4.03. The van der Waals surface area contributed by atoms with Gasteiger partial charge in [0.15, 0.2) is 15.9 Å². The molecule has 1 N–H and O–H groups in total. The van der Waals surface area contributed by atoms with Crippen molar-refractivity contribution in [2.24, 2.45) is 0 Å². The number of sulfone groups is 1. The minimum Gasteiger partial charge on any atom is -0.497 e. The molecule has 138 valence electrons. The molecule has 0 unspecified atom stereocenters. The molecule has 2 rings (SSSR count). The topological polar surface area (TPSA) is 98.8 Å². The number of aryl methyl sites for hydroxylation is 1. The zero-order valence-corrected chi connectivity index (χ0v) is 15.2. The molecule has 0 radical (unpaired) electrons. The third kappa shape index (κ3) is 6.04. The molecule has 1 saturated heterocycles. The monoisotopic (exact) mass is 369 g/mol. The van der Waals surface area contributed by atoms with Crippen LogP contribution in [0.4, 0.5) is 0 Å². The number of methoxy groups -OCH3 is 1. The Morgan fingerprint density at radius 2 is 1.96 bits per heavy atom. The lowest BCUT2D eigenvalue weighted by Gasteiger charge is -2.16. The van der Waals surface area contributed by atoms with Crippen LogP contribution < -0.4 is 10.1 Å². The van der Waals surface area contributed by atoms with Gasteiger partial charge in [-0.1, -0.05) is 12.1 Å². The van der Waals surface area contributed by atoms with E-state index in [4.69, 9.17) is 9.47 Å². The van der Waals surface area contributed by atoms with Crippen LogP contribution in [0.5, 0.6) is 5.75 Å². The predicted octanol–water partition coefficient (Wildman–Crippen LogP) is 0.863. The van der Waals surface area contributed by atoms with Gasteiger partial charge in [0, 0.05) is 12.5 Å². The summed E-state index contributed by atoms with van der Waals surface area (Å²) in [6.45, 7) is 1.48. The first kappa shape index (κ1) is 19.2. The average Bonchev–Trinajstić information content (AvgIpc) is 2.91. The second-order valence-electron chi connectivity index (χ2n) is 6.09. The van der Waals surface area contributed by atoms with Crippen LogP contribution >= 0.6 is 0 Å². The molecule has 1 fully saturated rings. The van der Waals surface area contributed by atoms with Crippen molar-refractivity contribution >= 4 is 21.7 Å². The van der Waals surface area contributed by atoms with E-state index in [-0.39, 0.29) is 17.9 Å². The zero-order valence-electron chi connectivity index (χ0n) is 14.4. The zero-order chi connectivity index (χ0) is 18.4. The van der Waals surface area contributed by atoms with Crippen LogP contribution in [0.25, 0.3) is 0 Å². The fraction of sp³-hybridized carbons (Fsp3) is 0.529. The maximum atomic E-state index is 12.0. The van der Waals surface area contributed by atoms with Crippen LogP contribution in [-0.4, -0.2) is 51.1 Å². The van der Waals surface area contributed by atoms with Crippen LogP contribution in [0.15, 0.2) is 24.3 Å². The van der Waals surface area contributed by atoms with Crippen LogP contribution in [0.2, 0.25) is 0 Å². The lowest BCUT2D eigenvalue weighted by Crippen LogP contribution is -2.42. The number of amides is 1. The highest BCUT2D eigenvalue weighted by molar-refractivity contribution is 7.91. The molecule has 1 aliphatic rings. The molecule has 1 heterocycles. The molecule has 1 aliphatic heterocycles. The van der Waals surface area contributed by atoms with E-state index in [9.17, 15) is 18.0 Å². The maximum absolute atomic E-state index is 12.0. The van der Waals surface area contributed by atoms with Crippen molar-refractivity contribution in [3.63, 3.8) is 0 Å². The summed E-state index contributed by atoms with van der Waals surface area (Å²) < 4.78 is 33.0. The molecule has 0 aromatic heterocycles. The number of rotatable bonds is 7. The van der Waals surface area contributed by atoms with E-state index < -0.39 is 33.9 Å². The van der Waals surface area contributed by atoms with Gasteiger partial charge in [-0.05, 0) is 37.5 Å².